The highest BCUT2D eigenvalue weighted by molar-refractivity contribution is 5.85. The number of aliphatic carboxylic acids is 1. The summed E-state index contributed by atoms with van der Waals surface area (Å²) in [6, 6.07) is 5.29. The second-order valence-electron chi connectivity index (χ2n) is 5.40. The van der Waals surface area contributed by atoms with E-state index in [1.54, 1.807) is 19.1 Å². The maximum Gasteiger partial charge on any atom is 0.326 e. The van der Waals surface area contributed by atoms with E-state index in [4.69, 9.17) is 5.11 Å². The van der Waals surface area contributed by atoms with Crippen molar-refractivity contribution >= 4 is 11.9 Å². The normalized spacial score (nSPS) is 17.3. The molecule has 0 bridgehead atoms. The summed E-state index contributed by atoms with van der Waals surface area (Å²) in [5.41, 5.74) is 0.728. The Hall–Kier alpha value is -1.91. The van der Waals surface area contributed by atoms with Gasteiger partial charge in [0.25, 0.3) is 0 Å². The van der Waals surface area contributed by atoms with Crippen LogP contribution in [-0.4, -0.2) is 23.0 Å². The first-order chi connectivity index (χ1) is 9.47. The summed E-state index contributed by atoms with van der Waals surface area (Å²) in [4.78, 5) is 23.1. The standard InChI is InChI=1S/C15H18FNO3/c1-9(7-10-3-2-4-12(16)8-10)14(18)17-13(15(19)20)11-5-6-11/h2-4,8-9,11,13H,5-7H2,1H3,(H,17,18)(H,19,20). The SMILES string of the molecule is CC(Cc1cccc(F)c1)C(=O)NC(C(=O)O)C1CC1. The number of carbonyl (C=O) groups excluding carboxylic acids is 1. The summed E-state index contributed by atoms with van der Waals surface area (Å²) in [6.07, 6.45) is 2.08. The molecule has 2 unspecified atom stereocenters. The molecule has 2 N–H and O–H groups in total. The van der Waals surface area contributed by atoms with Gasteiger partial charge >= 0.3 is 5.97 Å². The van der Waals surface area contributed by atoms with Crippen molar-refractivity contribution in [2.75, 3.05) is 0 Å². The molecule has 108 valence electrons. The number of hydrogen-bond donors (Lipinski definition) is 2. The van der Waals surface area contributed by atoms with Crippen LogP contribution in [0, 0.1) is 17.7 Å². The molecular weight excluding hydrogens is 261 g/mol. The summed E-state index contributed by atoms with van der Waals surface area (Å²) < 4.78 is 13.1. The van der Waals surface area contributed by atoms with Gasteiger partial charge in [-0.25, -0.2) is 9.18 Å². The van der Waals surface area contributed by atoms with Crippen molar-refractivity contribution in [2.24, 2.45) is 11.8 Å². The van der Waals surface area contributed by atoms with Crippen molar-refractivity contribution < 1.29 is 19.1 Å². The molecule has 4 nitrogen and oxygen atoms in total. The summed E-state index contributed by atoms with van der Waals surface area (Å²) >= 11 is 0. The van der Waals surface area contributed by atoms with Gasteiger partial charge in [-0.15, -0.1) is 0 Å². The molecular formula is C15H18FNO3. The first kappa shape index (κ1) is 14.5. The van der Waals surface area contributed by atoms with E-state index in [1.807, 2.05) is 0 Å². The average Bonchev–Trinajstić information content (AvgIpc) is 3.19. The number of rotatable bonds is 6. The number of nitrogens with one attached hydrogen (secondary N) is 1. The maximum absolute atomic E-state index is 13.1. The number of benzene rings is 1. The second-order valence-corrected chi connectivity index (χ2v) is 5.40. The Labute approximate surface area is 117 Å². The van der Waals surface area contributed by atoms with Crippen molar-refractivity contribution in [2.45, 2.75) is 32.2 Å². The fourth-order valence-corrected chi connectivity index (χ4v) is 2.22. The van der Waals surface area contributed by atoms with Crippen LogP contribution in [0.15, 0.2) is 24.3 Å². The molecule has 1 aliphatic carbocycles. The van der Waals surface area contributed by atoms with E-state index in [2.05, 4.69) is 5.32 Å². The predicted octanol–water partition coefficient (Wildman–Crippen LogP) is 1.98. The van der Waals surface area contributed by atoms with Gasteiger partial charge in [0.05, 0.1) is 0 Å². The highest BCUT2D eigenvalue weighted by atomic mass is 19.1. The van der Waals surface area contributed by atoms with Crippen LogP contribution in [0.2, 0.25) is 0 Å². The van der Waals surface area contributed by atoms with Crippen molar-refractivity contribution in [3.8, 4) is 0 Å². The molecule has 0 aliphatic heterocycles. The van der Waals surface area contributed by atoms with Crippen LogP contribution in [0.25, 0.3) is 0 Å². The summed E-state index contributed by atoms with van der Waals surface area (Å²) in [5, 5.41) is 11.7. The molecule has 0 aromatic heterocycles. The van der Waals surface area contributed by atoms with E-state index >= 15 is 0 Å². The van der Waals surface area contributed by atoms with Crippen molar-refractivity contribution in [1.29, 1.82) is 0 Å². The molecule has 0 saturated heterocycles. The number of carboxylic acid groups (broad SMARTS) is 1. The lowest BCUT2D eigenvalue weighted by atomic mass is 9.99. The fraction of sp³-hybridized carbons (Fsp3) is 0.467. The molecule has 1 aromatic rings. The molecule has 1 aliphatic rings. The van der Waals surface area contributed by atoms with Crippen LogP contribution in [-0.2, 0) is 16.0 Å². The number of halogens is 1. The lowest BCUT2D eigenvalue weighted by Crippen LogP contribution is -2.44. The zero-order valence-corrected chi connectivity index (χ0v) is 11.3. The Morgan fingerprint density at radius 3 is 2.70 bits per heavy atom. The molecule has 0 heterocycles. The summed E-state index contributed by atoms with van der Waals surface area (Å²) in [5.74, 6) is -1.96. The summed E-state index contributed by atoms with van der Waals surface area (Å²) in [7, 11) is 0. The molecule has 1 saturated carbocycles. The molecule has 1 aromatic carbocycles. The quantitative estimate of drug-likeness (QED) is 0.836. The van der Waals surface area contributed by atoms with E-state index in [-0.39, 0.29) is 17.6 Å². The minimum absolute atomic E-state index is 0.0535. The fourth-order valence-electron chi connectivity index (χ4n) is 2.22. The van der Waals surface area contributed by atoms with E-state index in [0.717, 1.165) is 18.4 Å². The average molecular weight is 279 g/mol. The van der Waals surface area contributed by atoms with Gasteiger partial charge in [0, 0.05) is 5.92 Å². The van der Waals surface area contributed by atoms with Crippen LogP contribution >= 0.6 is 0 Å². The lowest BCUT2D eigenvalue weighted by molar-refractivity contribution is -0.143. The smallest absolute Gasteiger partial charge is 0.326 e. The number of hydrogen-bond acceptors (Lipinski definition) is 2. The molecule has 0 spiro atoms. The zero-order valence-electron chi connectivity index (χ0n) is 11.3. The minimum atomic E-state index is -0.987. The van der Waals surface area contributed by atoms with Crippen LogP contribution in [0.1, 0.15) is 25.3 Å². The summed E-state index contributed by atoms with van der Waals surface area (Å²) in [6.45, 7) is 1.71. The van der Waals surface area contributed by atoms with Crippen LogP contribution in [0.4, 0.5) is 4.39 Å². The molecule has 2 atom stereocenters. The third-order valence-corrected chi connectivity index (χ3v) is 3.54. The van der Waals surface area contributed by atoms with Crippen molar-refractivity contribution in [3.63, 3.8) is 0 Å². The number of carboxylic acids is 1. The predicted molar refractivity (Wildman–Crippen MR) is 71.6 cm³/mol. The number of carbonyl (C=O) groups is 2. The Bertz CT molecular complexity index is 514. The highest BCUT2D eigenvalue weighted by Crippen LogP contribution is 2.32. The molecule has 5 heteroatoms. The van der Waals surface area contributed by atoms with E-state index in [0.29, 0.717) is 6.42 Å². The monoisotopic (exact) mass is 279 g/mol. The van der Waals surface area contributed by atoms with E-state index in [9.17, 15) is 14.0 Å². The van der Waals surface area contributed by atoms with E-state index in [1.165, 1.54) is 12.1 Å². The van der Waals surface area contributed by atoms with Gasteiger partial charge in [-0.2, -0.15) is 0 Å². The largest absolute Gasteiger partial charge is 0.480 e. The molecule has 2 rings (SSSR count). The Morgan fingerprint density at radius 2 is 2.15 bits per heavy atom. The van der Waals surface area contributed by atoms with Gasteiger partial charge < -0.3 is 10.4 Å². The Balaban J connectivity index is 1.92. The first-order valence-electron chi connectivity index (χ1n) is 6.75. The van der Waals surface area contributed by atoms with Crippen molar-refractivity contribution in [1.82, 2.24) is 5.32 Å². The van der Waals surface area contributed by atoms with Crippen LogP contribution in [0.3, 0.4) is 0 Å². The third-order valence-electron chi connectivity index (χ3n) is 3.54. The van der Waals surface area contributed by atoms with Crippen molar-refractivity contribution in [3.05, 3.63) is 35.6 Å². The molecule has 0 radical (unpaired) electrons. The van der Waals surface area contributed by atoms with E-state index < -0.39 is 17.9 Å². The first-order valence-corrected chi connectivity index (χ1v) is 6.75. The Morgan fingerprint density at radius 1 is 1.45 bits per heavy atom. The topological polar surface area (TPSA) is 66.4 Å². The minimum Gasteiger partial charge on any atom is -0.480 e. The van der Waals surface area contributed by atoms with Gasteiger partial charge in [-0.3, -0.25) is 4.79 Å². The molecule has 20 heavy (non-hydrogen) atoms. The van der Waals surface area contributed by atoms with Gasteiger partial charge in [0.15, 0.2) is 0 Å². The molecule has 1 fully saturated rings. The number of amides is 1. The van der Waals surface area contributed by atoms with Gasteiger partial charge in [0.2, 0.25) is 5.91 Å². The molecule has 1 amide bonds. The van der Waals surface area contributed by atoms with Crippen LogP contribution < -0.4 is 5.32 Å². The third kappa shape index (κ3) is 3.79. The lowest BCUT2D eigenvalue weighted by Gasteiger charge is -2.17. The van der Waals surface area contributed by atoms with Gasteiger partial charge in [-0.1, -0.05) is 19.1 Å². The Kier molecular flexibility index (Phi) is 4.37. The van der Waals surface area contributed by atoms with Crippen LogP contribution in [0.5, 0.6) is 0 Å². The van der Waals surface area contributed by atoms with Gasteiger partial charge in [0.1, 0.15) is 11.9 Å². The zero-order chi connectivity index (χ0) is 14.7. The highest BCUT2D eigenvalue weighted by Gasteiger charge is 2.37. The maximum atomic E-state index is 13.1. The second kappa shape index (κ2) is 6.03. The van der Waals surface area contributed by atoms with Gasteiger partial charge in [-0.05, 0) is 42.9 Å².